The third-order valence-electron chi connectivity index (χ3n) is 1.95. The molecule has 0 aliphatic carbocycles. The predicted molar refractivity (Wildman–Crippen MR) is 59.8 cm³/mol. The zero-order chi connectivity index (χ0) is 14.5. The monoisotopic (exact) mass is 274 g/mol. The van der Waals surface area contributed by atoms with Crippen molar-refractivity contribution in [2.24, 2.45) is 0 Å². The first-order valence-electron chi connectivity index (χ1n) is 5.06. The molecule has 0 unspecified atom stereocenters. The summed E-state index contributed by atoms with van der Waals surface area (Å²) in [6.07, 6.45) is -1.49. The van der Waals surface area contributed by atoms with Gasteiger partial charge in [0.2, 0.25) is 0 Å². The molecule has 1 N–H and O–H groups in total. The SMILES string of the molecule is O=CCC=Cc1cc(OC(F)(F)F)cc(C(=O)O)c1. The molecule has 0 aromatic heterocycles. The summed E-state index contributed by atoms with van der Waals surface area (Å²) in [5, 5.41) is 8.79. The molecule has 4 nitrogen and oxygen atoms in total. The fourth-order valence-electron chi connectivity index (χ4n) is 1.29. The van der Waals surface area contributed by atoms with Gasteiger partial charge >= 0.3 is 12.3 Å². The van der Waals surface area contributed by atoms with Gasteiger partial charge in [0, 0.05) is 6.42 Å². The summed E-state index contributed by atoms with van der Waals surface area (Å²) < 4.78 is 39.9. The van der Waals surface area contributed by atoms with Crippen molar-refractivity contribution in [1.82, 2.24) is 0 Å². The van der Waals surface area contributed by atoms with E-state index in [1.165, 1.54) is 18.2 Å². The molecule has 7 heteroatoms. The molecule has 0 aliphatic rings. The van der Waals surface area contributed by atoms with E-state index in [1.807, 2.05) is 0 Å². The number of alkyl halides is 3. The van der Waals surface area contributed by atoms with Crippen molar-refractivity contribution in [2.75, 3.05) is 0 Å². The molecule has 1 aromatic rings. The van der Waals surface area contributed by atoms with Crippen molar-refractivity contribution in [3.8, 4) is 5.75 Å². The Kier molecular flexibility index (Phi) is 4.68. The summed E-state index contributed by atoms with van der Waals surface area (Å²) in [4.78, 5) is 20.9. The molecule has 0 spiro atoms. The lowest BCUT2D eigenvalue weighted by atomic mass is 10.1. The van der Waals surface area contributed by atoms with Crippen LogP contribution in [0.5, 0.6) is 5.75 Å². The number of benzene rings is 1. The average Bonchev–Trinajstić information content (AvgIpc) is 2.26. The van der Waals surface area contributed by atoms with Crippen LogP contribution in [0.1, 0.15) is 22.3 Å². The third kappa shape index (κ3) is 5.24. The second-order valence-corrected chi connectivity index (χ2v) is 3.45. The largest absolute Gasteiger partial charge is 0.573 e. The number of halogens is 3. The van der Waals surface area contributed by atoms with E-state index in [4.69, 9.17) is 5.11 Å². The van der Waals surface area contributed by atoms with Gasteiger partial charge in [0.15, 0.2) is 0 Å². The van der Waals surface area contributed by atoms with Crippen LogP contribution in [0.25, 0.3) is 6.08 Å². The highest BCUT2D eigenvalue weighted by molar-refractivity contribution is 5.89. The van der Waals surface area contributed by atoms with Gasteiger partial charge in [-0.2, -0.15) is 0 Å². The first-order chi connectivity index (χ1) is 8.81. The summed E-state index contributed by atoms with van der Waals surface area (Å²) in [7, 11) is 0. The van der Waals surface area contributed by atoms with Crippen LogP contribution in [0.2, 0.25) is 0 Å². The summed E-state index contributed by atoms with van der Waals surface area (Å²) in [5.74, 6) is -2.00. The van der Waals surface area contributed by atoms with E-state index in [0.29, 0.717) is 6.29 Å². The van der Waals surface area contributed by atoms with Crippen LogP contribution in [-0.2, 0) is 4.79 Å². The fourth-order valence-corrected chi connectivity index (χ4v) is 1.29. The van der Waals surface area contributed by atoms with E-state index >= 15 is 0 Å². The Morgan fingerprint density at radius 3 is 2.53 bits per heavy atom. The summed E-state index contributed by atoms with van der Waals surface area (Å²) in [6, 6.07) is 2.97. The zero-order valence-electron chi connectivity index (χ0n) is 9.48. The Bertz CT molecular complexity index is 506. The normalized spacial score (nSPS) is 11.5. The number of allylic oxidation sites excluding steroid dienone is 1. The number of aldehydes is 1. The number of hydrogen-bond donors (Lipinski definition) is 1. The van der Waals surface area contributed by atoms with Crippen LogP contribution in [0, 0.1) is 0 Å². The number of rotatable bonds is 5. The minimum absolute atomic E-state index is 0.0762. The molecule has 1 rings (SSSR count). The molecule has 0 saturated carbocycles. The maximum atomic E-state index is 12.1. The topological polar surface area (TPSA) is 63.6 Å². The lowest BCUT2D eigenvalue weighted by molar-refractivity contribution is -0.274. The number of carbonyl (C=O) groups is 2. The maximum Gasteiger partial charge on any atom is 0.573 e. The van der Waals surface area contributed by atoms with Crippen molar-refractivity contribution in [3.63, 3.8) is 0 Å². The molecule has 0 heterocycles. The minimum atomic E-state index is -4.90. The van der Waals surface area contributed by atoms with Gasteiger partial charge in [0.25, 0.3) is 0 Å². The minimum Gasteiger partial charge on any atom is -0.478 e. The van der Waals surface area contributed by atoms with Crippen molar-refractivity contribution in [1.29, 1.82) is 0 Å². The average molecular weight is 274 g/mol. The highest BCUT2D eigenvalue weighted by atomic mass is 19.4. The Morgan fingerprint density at radius 2 is 2.00 bits per heavy atom. The van der Waals surface area contributed by atoms with Crippen molar-refractivity contribution < 1.29 is 32.6 Å². The van der Waals surface area contributed by atoms with E-state index in [0.717, 1.165) is 12.1 Å². The predicted octanol–water partition coefficient (Wildman–Crippen LogP) is 2.89. The second-order valence-electron chi connectivity index (χ2n) is 3.45. The summed E-state index contributed by atoms with van der Waals surface area (Å²) in [5.41, 5.74) is -0.145. The van der Waals surface area contributed by atoms with Crippen LogP contribution in [0.15, 0.2) is 24.3 Å². The van der Waals surface area contributed by atoms with Gasteiger partial charge in [-0.15, -0.1) is 13.2 Å². The highest BCUT2D eigenvalue weighted by Crippen LogP contribution is 2.25. The summed E-state index contributed by atoms with van der Waals surface area (Å²) >= 11 is 0. The van der Waals surface area contributed by atoms with E-state index in [-0.39, 0.29) is 17.5 Å². The molecule has 102 valence electrons. The van der Waals surface area contributed by atoms with Crippen LogP contribution < -0.4 is 4.74 Å². The molecule has 0 saturated heterocycles. The number of carbonyl (C=O) groups excluding carboxylic acids is 1. The maximum absolute atomic E-state index is 12.1. The first-order valence-corrected chi connectivity index (χ1v) is 5.06. The van der Waals surface area contributed by atoms with Crippen molar-refractivity contribution >= 4 is 18.3 Å². The number of carboxylic acids is 1. The van der Waals surface area contributed by atoms with Gasteiger partial charge in [0.05, 0.1) is 5.56 Å². The van der Waals surface area contributed by atoms with Crippen LogP contribution in [0.4, 0.5) is 13.2 Å². The Balaban J connectivity index is 3.10. The van der Waals surface area contributed by atoms with Gasteiger partial charge < -0.3 is 14.6 Å². The standard InChI is InChI=1S/C12H9F3O4/c13-12(14,15)19-10-6-8(3-1-2-4-16)5-9(7-10)11(17)18/h1,3-7H,2H2,(H,17,18). The smallest absolute Gasteiger partial charge is 0.478 e. The Morgan fingerprint density at radius 1 is 1.32 bits per heavy atom. The van der Waals surface area contributed by atoms with E-state index in [1.54, 1.807) is 0 Å². The number of ether oxygens (including phenoxy) is 1. The molecular weight excluding hydrogens is 265 g/mol. The Hall–Kier alpha value is -2.31. The lowest BCUT2D eigenvalue weighted by Crippen LogP contribution is -2.17. The number of hydrogen-bond acceptors (Lipinski definition) is 3. The molecule has 0 radical (unpaired) electrons. The number of carboxylic acid groups (broad SMARTS) is 1. The molecule has 1 aromatic carbocycles. The van der Waals surface area contributed by atoms with Gasteiger partial charge in [0.1, 0.15) is 12.0 Å². The second kappa shape index (κ2) is 6.03. The van der Waals surface area contributed by atoms with Crippen LogP contribution in [0.3, 0.4) is 0 Å². The first kappa shape index (κ1) is 14.7. The van der Waals surface area contributed by atoms with Crippen molar-refractivity contribution in [2.45, 2.75) is 12.8 Å². The Labute approximate surface area is 106 Å². The highest BCUT2D eigenvalue weighted by Gasteiger charge is 2.31. The summed E-state index contributed by atoms with van der Waals surface area (Å²) in [6.45, 7) is 0. The molecule has 0 aliphatic heterocycles. The zero-order valence-corrected chi connectivity index (χ0v) is 9.48. The van der Waals surface area contributed by atoms with E-state index < -0.39 is 18.1 Å². The van der Waals surface area contributed by atoms with Gasteiger partial charge in [-0.1, -0.05) is 12.2 Å². The fraction of sp³-hybridized carbons (Fsp3) is 0.167. The molecule has 0 atom stereocenters. The molecular formula is C12H9F3O4. The number of aromatic carboxylic acids is 1. The van der Waals surface area contributed by atoms with E-state index in [9.17, 15) is 22.8 Å². The van der Waals surface area contributed by atoms with Crippen molar-refractivity contribution in [3.05, 3.63) is 35.4 Å². The third-order valence-corrected chi connectivity index (χ3v) is 1.95. The van der Waals surface area contributed by atoms with Crippen LogP contribution in [-0.4, -0.2) is 23.7 Å². The molecule has 0 fully saturated rings. The van der Waals surface area contributed by atoms with Gasteiger partial charge in [-0.25, -0.2) is 4.79 Å². The van der Waals surface area contributed by atoms with Gasteiger partial charge in [-0.05, 0) is 23.8 Å². The van der Waals surface area contributed by atoms with E-state index in [2.05, 4.69) is 4.74 Å². The quantitative estimate of drug-likeness (QED) is 0.838. The van der Waals surface area contributed by atoms with Crippen LogP contribution >= 0.6 is 0 Å². The molecule has 0 bridgehead atoms. The van der Waals surface area contributed by atoms with Gasteiger partial charge in [-0.3, -0.25) is 0 Å². The molecule has 19 heavy (non-hydrogen) atoms. The lowest BCUT2D eigenvalue weighted by Gasteiger charge is -2.10. The molecule has 0 amide bonds.